The maximum atomic E-state index is 12.6. The van der Waals surface area contributed by atoms with Gasteiger partial charge in [0.1, 0.15) is 11.0 Å². The number of aromatic nitrogens is 2. The Morgan fingerprint density at radius 3 is 2.58 bits per heavy atom. The van der Waals surface area contributed by atoms with E-state index in [9.17, 15) is 18.0 Å². The van der Waals surface area contributed by atoms with E-state index in [-0.39, 0.29) is 23.5 Å². The maximum absolute atomic E-state index is 12.6. The number of carbonyl (C=O) groups excluding carboxylic acids is 2. The summed E-state index contributed by atoms with van der Waals surface area (Å²) in [6, 6.07) is 10.6. The fourth-order valence-corrected chi connectivity index (χ4v) is 4.96. The van der Waals surface area contributed by atoms with Crippen LogP contribution in [0.3, 0.4) is 0 Å². The number of nitrogens with zero attached hydrogens (tertiary/aromatic N) is 3. The van der Waals surface area contributed by atoms with Crippen LogP contribution >= 0.6 is 11.7 Å². The average molecular weight is 463 g/mol. The van der Waals surface area contributed by atoms with Crippen LogP contribution in [0.5, 0.6) is 0 Å². The molecular formula is C19H18N4O6S2. The molecule has 1 N–H and O–H groups in total. The van der Waals surface area contributed by atoms with Gasteiger partial charge in [-0.1, -0.05) is 6.07 Å². The Balaban J connectivity index is 1.35. The molecule has 0 bridgehead atoms. The maximum Gasteiger partial charge on any atom is 0.338 e. The second-order valence-corrected chi connectivity index (χ2v) is 9.07. The Hall–Kier alpha value is -2.93. The molecule has 1 amide bonds. The van der Waals surface area contributed by atoms with E-state index in [1.165, 1.54) is 28.6 Å². The van der Waals surface area contributed by atoms with Crippen LogP contribution in [-0.2, 0) is 24.3 Å². The van der Waals surface area contributed by atoms with Crippen molar-refractivity contribution in [3.8, 4) is 0 Å². The fraction of sp³-hybridized carbons (Fsp3) is 0.263. The van der Waals surface area contributed by atoms with Crippen molar-refractivity contribution >= 4 is 50.3 Å². The minimum atomic E-state index is -3.65. The van der Waals surface area contributed by atoms with Gasteiger partial charge in [-0.25, -0.2) is 13.2 Å². The van der Waals surface area contributed by atoms with E-state index in [2.05, 4.69) is 14.1 Å². The standard InChI is InChI=1S/C19H18N4O6S2/c24-17(20-15-2-1-3-16-18(15)22-30-21-16)12-29-19(25)13-4-6-14(7-5-13)31(26,27)23-8-10-28-11-9-23/h1-7H,8-12H2,(H,20,24). The number of fused-ring (bicyclic) bond motifs is 1. The molecule has 4 rings (SSSR count). The Labute approximate surface area is 182 Å². The Kier molecular flexibility index (Phi) is 6.23. The van der Waals surface area contributed by atoms with Crippen LogP contribution in [0.25, 0.3) is 11.0 Å². The summed E-state index contributed by atoms with van der Waals surface area (Å²) in [5.74, 6) is -1.26. The molecule has 0 atom stereocenters. The Morgan fingerprint density at radius 1 is 1.10 bits per heavy atom. The number of anilines is 1. The van der Waals surface area contributed by atoms with Crippen molar-refractivity contribution in [2.24, 2.45) is 0 Å². The molecule has 0 saturated carbocycles. The molecule has 0 aliphatic carbocycles. The lowest BCUT2D eigenvalue weighted by Gasteiger charge is -2.26. The summed E-state index contributed by atoms with van der Waals surface area (Å²) in [5, 5.41) is 2.64. The predicted octanol–water partition coefficient (Wildman–Crippen LogP) is 1.51. The molecule has 31 heavy (non-hydrogen) atoms. The minimum absolute atomic E-state index is 0.0775. The predicted molar refractivity (Wildman–Crippen MR) is 112 cm³/mol. The lowest BCUT2D eigenvalue weighted by atomic mass is 10.2. The van der Waals surface area contributed by atoms with Gasteiger partial charge in [-0.15, -0.1) is 0 Å². The third-order valence-electron chi connectivity index (χ3n) is 4.59. The molecule has 3 aromatic rings. The van der Waals surface area contributed by atoms with Crippen molar-refractivity contribution in [3.05, 3.63) is 48.0 Å². The third kappa shape index (κ3) is 4.71. The number of hydrogen-bond donors (Lipinski definition) is 1. The second-order valence-electron chi connectivity index (χ2n) is 6.60. The van der Waals surface area contributed by atoms with Crippen LogP contribution < -0.4 is 5.32 Å². The molecule has 2 aromatic carbocycles. The summed E-state index contributed by atoms with van der Waals surface area (Å²) in [7, 11) is -3.65. The van der Waals surface area contributed by atoms with Gasteiger partial charge in [-0.3, -0.25) is 4.79 Å². The molecule has 1 aromatic heterocycles. The number of benzene rings is 2. The Morgan fingerprint density at radius 2 is 1.84 bits per heavy atom. The number of morpholine rings is 1. The minimum Gasteiger partial charge on any atom is -0.452 e. The van der Waals surface area contributed by atoms with Gasteiger partial charge in [0.25, 0.3) is 5.91 Å². The molecular weight excluding hydrogens is 444 g/mol. The monoisotopic (exact) mass is 462 g/mol. The number of ether oxygens (including phenoxy) is 2. The van der Waals surface area contributed by atoms with E-state index in [1.54, 1.807) is 18.2 Å². The highest BCUT2D eigenvalue weighted by molar-refractivity contribution is 7.89. The summed E-state index contributed by atoms with van der Waals surface area (Å²) >= 11 is 1.03. The van der Waals surface area contributed by atoms with Crippen molar-refractivity contribution in [2.45, 2.75) is 4.90 Å². The van der Waals surface area contributed by atoms with Crippen LogP contribution in [0.1, 0.15) is 10.4 Å². The van der Waals surface area contributed by atoms with Gasteiger partial charge < -0.3 is 14.8 Å². The molecule has 1 aliphatic rings. The molecule has 2 heterocycles. The molecule has 0 spiro atoms. The van der Waals surface area contributed by atoms with Gasteiger partial charge in [0, 0.05) is 13.1 Å². The van der Waals surface area contributed by atoms with E-state index in [0.29, 0.717) is 29.9 Å². The van der Waals surface area contributed by atoms with E-state index in [1.807, 2.05) is 0 Å². The number of hydrogen-bond acceptors (Lipinski definition) is 9. The van der Waals surface area contributed by atoms with E-state index in [4.69, 9.17) is 9.47 Å². The number of rotatable bonds is 6. The first kappa shape index (κ1) is 21.3. The van der Waals surface area contributed by atoms with Crippen LogP contribution in [0, 0.1) is 0 Å². The molecule has 162 valence electrons. The molecule has 1 saturated heterocycles. The quantitative estimate of drug-likeness (QED) is 0.546. The molecule has 12 heteroatoms. The van der Waals surface area contributed by atoms with Crippen molar-refractivity contribution in [2.75, 3.05) is 38.2 Å². The molecule has 10 nitrogen and oxygen atoms in total. The summed E-state index contributed by atoms with van der Waals surface area (Å²) in [6.45, 7) is 0.761. The van der Waals surface area contributed by atoms with Crippen molar-refractivity contribution in [1.29, 1.82) is 0 Å². The van der Waals surface area contributed by atoms with Crippen molar-refractivity contribution in [1.82, 2.24) is 13.1 Å². The van der Waals surface area contributed by atoms with Gasteiger partial charge >= 0.3 is 5.97 Å². The lowest BCUT2D eigenvalue weighted by molar-refractivity contribution is -0.119. The number of nitrogens with one attached hydrogen (secondary N) is 1. The summed E-state index contributed by atoms with van der Waals surface area (Å²) in [5.41, 5.74) is 1.83. The Bertz CT molecular complexity index is 1200. The first-order valence-electron chi connectivity index (χ1n) is 9.31. The van der Waals surface area contributed by atoms with Crippen molar-refractivity contribution in [3.63, 3.8) is 0 Å². The molecule has 0 unspecified atom stereocenters. The highest BCUT2D eigenvalue weighted by Gasteiger charge is 2.26. The van der Waals surface area contributed by atoms with Gasteiger partial charge in [0.15, 0.2) is 6.61 Å². The first-order chi connectivity index (χ1) is 14.9. The highest BCUT2D eigenvalue weighted by Crippen LogP contribution is 2.21. The van der Waals surface area contributed by atoms with Crippen LogP contribution in [0.4, 0.5) is 5.69 Å². The molecule has 0 radical (unpaired) electrons. The smallest absolute Gasteiger partial charge is 0.338 e. The second kappa shape index (κ2) is 9.06. The van der Waals surface area contributed by atoms with Crippen LogP contribution in [-0.4, -0.2) is 66.3 Å². The highest BCUT2D eigenvalue weighted by atomic mass is 32.2. The largest absolute Gasteiger partial charge is 0.452 e. The SMILES string of the molecule is O=C(COC(=O)c1ccc(S(=O)(=O)N2CCOCC2)cc1)Nc1cccc2nsnc12. The van der Waals surface area contributed by atoms with Gasteiger partial charge in [-0.05, 0) is 36.4 Å². The summed E-state index contributed by atoms with van der Waals surface area (Å²) in [4.78, 5) is 24.5. The zero-order valence-corrected chi connectivity index (χ0v) is 17.8. The van der Waals surface area contributed by atoms with Gasteiger partial charge in [0.05, 0.1) is 41.1 Å². The third-order valence-corrected chi connectivity index (χ3v) is 7.05. The van der Waals surface area contributed by atoms with E-state index >= 15 is 0 Å². The fourth-order valence-electron chi connectivity index (χ4n) is 3.01. The van der Waals surface area contributed by atoms with E-state index in [0.717, 1.165) is 11.7 Å². The number of carbonyl (C=O) groups is 2. The molecule has 1 fully saturated rings. The van der Waals surface area contributed by atoms with Crippen LogP contribution in [0.15, 0.2) is 47.4 Å². The first-order valence-corrected chi connectivity index (χ1v) is 11.5. The van der Waals surface area contributed by atoms with Gasteiger partial charge in [-0.2, -0.15) is 13.1 Å². The number of sulfonamides is 1. The molecule has 1 aliphatic heterocycles. The average Bonchev–Trinajstić information content (AvgIpc) is 3.28. The number of amides is 1. The van der Waals surface area contributed by atoms with E-state index < -0.39 is 28.5 Å². The number of esters is 1. The topological polar surface area (TPSA) is 128 Å². The zero-order chi connectivity index (χ0) is 21.8. The zero-order valence-electron chi connectivity index (χ0n) is 16.2. The lowest BCUT2D eigenvalue weighted by Crippen LogP contribution is -2.40. The normalized spacial score (nSPS) is 15.0. The van der Waals surface area contributed by atoms with Crippen molar-refractivity contribution < 1.29 is 27.5 Å². The van der Waals surface area contributed by atoms with Crippen LogP contribution in [0.2, 0.25) is 0 Å². The van der Waals surface area contributed by atoms with Gasteiger partial charge in [0.2, 0.25) is 10.0 Å². The summed E-state index contributed by atoms with van der Waals surface area (Å²) in [6.07, 6.45) is 0. The summed E-state index contributed by atoms with van der Waals surface area (Å²) < 4.78 is 45.0.